The largest absolute Gasteiger partial charge is 0.505 e. The van der Waals surface area contributed by atoms with E-state index >= 15 is 0 Å². The number of aromatic hydroxyl groups is 1. The number of benzene rings is 1. The summed E-state index contributed by atoms with van der Waals surface area (Å²) in [5, 5.41) is 15.1. The molecule has 0 saturated carbocycles. The van der Waals surface area contributed by atoms with E-state index in [-0.39, 0.29) is 21.8 Å². The third-order valence-electron chi connectivity index (χ3n) is 3.44. The lowest BCUT2D eigenvalue weighted by atomic mass is 10.1. The van der Waals surface area contributed by atoms with Gasteiger partial charge in [0, 0.05) is 18.8 Å². The molecule has 0 radical (unpaired) electrons. The van der Waals surface area contributed by atoms with Crippen molar-refractivity contribution in [2.45, 2.75) is 19.3 Å². The minimum Gasteiger partial charge on any atom is -0.505 e. The Morgan fingerprint density at radius 1 is 1.19 bits per heavy atom. The molecule has 7 heteroatoms. The van der Waals surface area contributed by atoms with Crippen molar-refractivity contribution in [2.24, 2.45) is 0 Å². The van der Waals surface area contributed by atoms with Crippen LogP contribution in [0.2, 0.25) is 10.0 Å². The van der Waals surface area contributed by atoms with Crippen LogP contribution in [-0.2, 0) is 0 Å². The fourth-order valence-electron chi connectivity index (χ4n) is 2.32. The quantitative estimate of drug-likeness (QED) is 0.741. The highest BCUT2D eigenvalue weighted by atomic mass is 35.5. The molecule has 0 unspecified atom stereocenters. The van der Waals surface area contributed by atoms with Crippen molar-refractivity contribution in [3.8, 4) is 5.75 Å². The molecule has 0 aromatic heterocycles. The first kappa shape index (κ1) is 16.2. The number of phenols is 1. The van der Waals surface area contributed by atoms with Crippen LogP contribution < -0.4 is 10.6 Å². The maximum Gasteiger partial charge on any atom is 0.319 e. The highest BCUT2D eigenvalue weighted by Gasteiger charge is 2.11. The van der Waals surface area contributed by atoms with Crippen molar-refractivity contribution >= 4 is 34.9 Å². The number of phenolic OH excluding ortho intramolecular Hbond substituents is 1. The molecule has 2 amide bonds. The normalized spacial score (nSPS) is 15.7. The van der Waals surface area contributed by atoms with Crippen molar-refractivity contribution in [2.75, 3.05) is 31.5 Å². The van der Waals surface area contributed by atoms with Crippen LogP contribution in [-0.4, -0.2) is 42.2 Å². The van der Waals surface area contributed by atoms with Crippen LogP contribution in [0.5, 0.6) is 5.75 Å². The number of carbonyl (C=O) groups excluding carboxylic acids is 1. The molecule has 116 valence electrons. The Morgan fingerprint density at radius 2 is 1.81 bits per heavy atom. The Kier molecular flexibility index (Phi) is 5.96. The van der Waals surface area contributed by atoms with Crippen LogP contribution in [0.1, 0.15) is 19.3 Å². The first-order chi connectivity index (χ1) is 10.1. The number of hydrogen-bond acceptors (Lipinski definition) is 3. The van der Waals surface area contributed by atoms with E-state index in [0.717, 1.165) is 19.6 Å². The third kappa shape index (κ3) is 4.95. The molecule has 5 nitrogen and oxygen atoms in total. The Labute approximate surface area is 134 Å². The topological polar surface area (TPSA) is 64.6 Å². The van der Waals surface area contributed by atoms with Gasteiger partial charge in [0.1, 0.15) is 0 Å². The number of carbonyl (C=O) groups is 1. The Morgan fingerprint density at radius 3 is 2.43 bits per heavy atom. The molecule has 3 N–H and O–H groups in total. The van der Waals surface area contributed by atoms with Crippen LogP contribution in [0.15, 0.2) is 12.1 Å². The summed E-state index contributed by atoms with van der Waals surface area (Å²) in [5.41, 5.74) is 0.443. The number of amides is 2. The van der Waals surface area contributed by atoms with Crippen molar-refractivity contribution in [3.05, 3.63) is 22.2 Å². The molecule has 2 rings (SSSR count). The van der Waals surface area contributed by atoms with E-state index < -0.39 is 0 Å². The number of nitrogens with one attached hydrogen (secondary N) is 2. The molecule has 0 aliphatic carbocycles. The number of urea groups is 1. The number of nitrogens with zero attached hydrogens (tertiary/aromatic N) is 1. The standard InChI is InChI=1S/C14H19Cl2N3O2/c15-11-8-10(9-12(16)13(11)20)18-14(21)17-4-7-19-5-2-1-3-6-19/h8-9,20H,1-7H2,(H2,17,18,21). The molecule has 0 bridgehead atoms. The lowest BCUT2D eigenvalue weighted by Crippen LogP contribution is -2.39. The molecule has 1 aliphatic rings. The van der Waals surface area contributed by atoms with Crippen molar-refractivity contribution < 1.29 is 9.90 Å². The van der Waals surface area contributed by atoms with Crippen LogP contribution >= 0.6 is 23.2 Å². The highest BCUT2D eigenvalue weighted by Crippen LogP contribution is 2.34. The van der Waals surface area contributed by atoms with E-state index in [1.807, 2.05) is 0 Å². The number of hydrogen-bond donors (Lipinski definition) is 3. The van der Waals surface area contributed by atoms with E-state index in [4.69, 9.17) is 23.2 Å². The second-order valence-electron chi connectivity index (χ2n) is 5.07. The third-order valence-corrected chi connectivity index (χ3v) is 4.01. The van der Waals surface area contributed by atoms with Gasteiger partial charge in [-0.1, -0.05) is 29.6 Å². The molecule has 1 aromatic carbocycles. The molecule has 21 heavy (non-hydrogen) atoms. The molecule has 1 aliphatic heterocycles. The molecule has 1 fully saturated rings. The summed E-state index contributed by atoms with van der Waals surface area (Å²) in [7, 11) is 0. The van der Waals surface area contributed by atoms with E-state index in [9.17, 15) is 9.90 Å². The monoisotopic (exact) mass is 331 g/mol. The summed E-state index contributed by atoms with van der Waals surface area (Å²) in [6.07, 6.45) is 3.76. The SMILES string of the molecule is O=C(NCCN1CCCCC1)Nc1cc(Cl)c(O)c(Cl)c1. The summed E-state index contributed by atoms with van der Waals surface area (Å²) >= 11 is 11.6. The summed E-state index contributed by atoms with van der Waals surface area (Å²) in [6.45, 7) is 3.65. The van der Waals surface area contributed by atoms with Gasteiger partial charge in [0.15, 0.2) is 5.75 Å². The van der Waals surface area contributed by atoms with Crippen molar-refractivity contribution in [1.82, 2.24) is 10.2 Å². The average Bonchev–Trinajstić information content (AvgIpc) is 2.46. The maximum atomic E-state index is 11.8. The molecule has 1 saturated heterocycles. The minimum absolute atomic E-state index is 0.103. The summed E-state index contributed by atoms with van der Waals surface area (Å²) < 4.78 is 0. The first-order valence-electron chi connectivity index (χ1n) is 7.01. The predicted molar refractivity (Wildman–Crippen MR) is 85.4 cm³/mol. The molecule has 0 spiro atoms. The summed E-state index contributed by atoms with van der Waals surface area (Å²) in [5.74, 6) is -0.186. The zero-order valence-corrected chi connectivity index (χ0v) is 13.2. The second kappa shape index (κ2) is 7.73. The minimum atomic E-state index is -0.315. The van der Waals surface area contributed by atoms with E-state index in [0.29, 0.717) is 12.2 Å². The average molecular weight is 332 g/mol. The zero-order valence-electron chi connectivity index (χ0n) is 11.7. The van der Waals surface area contributed by atoms with Gasteiger partial charge in [0.05, 0.1) is 10.0 Å². The smallest absolute Gasteiger partial charge is 0.319 e. The fraction of sp³-hybridized carbons (Fsp3) is 0.500. The van der Waals surface area contributed by atoms with Gasteiger partial charge in [-0.15, -0.1) is 0 Å². The molecular weight excluding hydrogens is 313 g/mol. The molecule has 1 heterocycles. The highest BCUT2D eigenvalue weighted by molar-refractivity contribution is 6.37. The summed E-state index contributed by atoms with van der Waals surface area (Å²) in [6, 6.07) is 2.59. The van der Waals surface area contributed by atoms with Crippen molar-refractivity contribution in [1.29, 1.82) is 0 Å². The van der Waals surface area contributed by atoms with Gasteiger partial charge in [-0.3, -0.25) is 0 Å². The Balaban J connectivity index is 1.76. The van der Waals surface area contributed by atoms with Gasteiger partial charge >= 0.3 is 6.03 Å². The summed E-state index contributed by atoms with van der Waals surface area (Å²) in [4.78, 5) is 14.1. The first-order valence-corrected chi connectivity index (χ1v) is 7.77. The number of halogens is 2. The zero-order chi connectivity index (χ0) is 15.2. The second-order valence-corrected chi connectivity index (χ2v) is 5.89. The van der Waals surface area contributed by atoms with E-state index in [1.165, 1.54) is 31.4 Å². The molecule has 0 atom stereocenters. The Hall–Kier alpha value is -1.17. The number of likely N-dealkylation sites (tertiary alicyclic amines) is 1. The predicted octanol–water partition coefficient (Wildman–Crippen LogP) is 3.31. The van der Waals surface area contributed by atoms with Gasteiger partial charge in [-0.2, -0.15) is 0 Å². The molecular formula is C14H19Cl2N3O2. The van der Waals surface area contributed by atoms with Gasteiger partial charge in [0.2, 0.25) is 0 Å². The van der Waals surface area contributed by atoms with Crippen LogP contribution in [0.4, 0.5) is 10.5 Å². The lowest BCUT2D eigenvalue weighted by Gasteiger charge is -2.26. The van der Waals surface area contributed by atoms with Crippen LogP contribution in [0.3, 0.4) is 0 Å². The Bertz CT molecular complexity index is 482. The molecule has 1 aromatic rings. The van der Waals surface area contributed by atoms with Crippen LogP contribution in [0, 0.1) is 0 Å². The van der Waals surface area contributed by atoms with Gasteiger partial charge in [-0.25, -0.2) is 4.79 Å². The number of anilines is 1. The fourth-order valence-corrected chi connectivity index (χ4v) is 2.81. The number of piperidine rings is 1. The maximum absolute atomic E-state index is 11.8. The van der Waals surface area contributed by atoms with Crippen molar-refractivity contribution in [3.63, 3.8) is 0 Å². The lowest BCUT2D eigenvalue weighted by molar-refractivity contribution is 0.224. The van der Waals surface area contributed by atoms with Gasteiger partial charge in [-0.05, 0) is 38.1 Å². The van der Waals surface area contributed by atoms with Gasteiger partial charge in [0.25, 0.3) is 0 Å². The van der Waals surface area contributed by atoms with Gasteiger partial charge < -0.3 is 20.6 Å². The number of rotatable bonds is 4. The van der Waals surface area contributed by atoms with E-state index in [1.54, 1.807) is 0 Å². The van der Waals surface area contributed by atoms with E-state index in [2.05, 4.69) is 15.5 Å². The van der Waals surface area contributed by atoms with Crippen LogP contribution in [0.25, 0.3) is 0 Å².